The number of amides is 2. The highest BCUT2D eigenvalue weighted by atomic mass is 16.5. The molecule has 2 aromatic rings. The molecule has 2 heterocycles. The van der Waals surface area contributed by atoms with Crippen LogP contribution in [0.15, 0.2) is 54.6 Å². The van der Waals surface area contributed by atoms with Crippen LogP contribution in [0.1, 0.15) is 13.3 Å². The summed E-state index contributed by atoms with van der Waals surface area (Å²) in [6.45, 7) is 5.68. The first kappa shape index (κ1) is 18.5. The molecule has 0 saturated carbocycles. The molecule has 6 nitrogen and oxygen atoms in total. The van der Waals surface area contributed by atoms with Gasteiger partial charge in [0.2, 0.25) is 5.91 Å². The molecule has 0 radical (unpaired) electrons. The molecule has 1 atom stereocenters. The number of hydrogen-bond donors (Lipinski definition) is 0. The van der Waals surface area contributed by atoms with Gasteiger partial charge >= 0.3 is 0 Å². The van der Waals surface area contributed by atoms with Gasteiger partial charge in [0.05, 0.1) is 24.8 Å². The molecule has 2 saturated heterocycles. The Labute approximate surface area is 165 Å². The second-order valence-corrected chi connectivity index (χ2v) is 7.08. The molecule has 28 heavy (non-hydrogen) atoms. The molecular weight excluding hydrogens is 354 g/mol. The highest BCUT2D eigenvalue weighted by Crippen LogP contribution is 2.29. The van der Waals surface area contributed by atoms with Crippen molar-refractivity contribution in [3.63, 3.8) is 0 Å². The van der Waals surface area contributed by atoms with Gasteiger partial charge in [0, 0.05) is 37.9 Å². The van der Waals surface area contributed by atoms with E-state index >= 15 is 0 Å². The first-order valence-corrected chi connectivity index (χ1v) is 9.81. The Morgan fingerprint density at radius 1 is 0.929 bits per heavy atom. The number of carbonyl (C=O) groups is 2. The van der Waals surface area contributed by atoms with Crippen molar-refractivity contribution in [3.8, 4) is 5.75 Å². The smallest absolute Gasteiger partial charge is 0.251 e. The zero-order valence-corrected chi connectivity index (χ0v) is 16.1. The number of hydrogen-bond acceptors (Lipinski definition) is 5. The first-order valence-electron chi connectivity index (χ1n) is 9.81. The highest BCUT2D eigenvalue weighted by Gasteiger charge is 2.43. The molecular formula is C22H25N3O3. The van der Waals surface area contributed by atoms with Crippen LogP contribution < -0.4 is 14.5 Å². The third-order valence-corrected chi connectivity index (χ3v) is 5.39. The molecule has 2 aliphatic rings. The van der Waals surface area contributed by atoms with E-state index in [1.54, 1.807) is 12.1 Å². The van der Waals surface area contributed by atoms with Crippen LogP contribution in [-0.2, 0) is 9.59 Å². The second-order valence-electron chi connectivity index (χ2n) is 7.08. The minimum Gasteiger partial charge on any atom is -0.494 e. The minimum absolute atomic E-state index is 0.133. The predicted molar refractivity (Wildman–Crippen MR) is 109 cm³/mol. The standard InChI is InChI=1S/C22H25N3O3/c1-2-28-19-10-6-9-18(15-19)25-21(26)16-20(22(25)27)24-13-11-23(12-14-24)17-7-4-3-5-8-17/h3-10,15,20H,2,11-14,16H2,1H3. The van der Waals surface area contributed by atoms with E-state index in [1.807, 2.05) is 37.3 Å². The molecule has 1 unspecified atom stereocenters. The van der Waals surface area contributed by atoms with Crippen molar-refractivity contribution < 1.29 is 14.3 Å². The van der Waals surface area contributed by atoms with Gasteiger partial charge in [-0.1, -0.05) is 24.3 Å². The van der Waals surface area contributed by atoms with E-state index in [0.29, 0.717) is 18.0 Å². The lowest BCUT2D eigenvalue weighted by Crippen LogP contribution is -2.52. The van der Waals surface area contributed by atoms with Crippen molar-refractivity contribution >= 4 is 23.2 Å². The van der Waals surface area contributed by atoms with Crippen LogP contribution in [-0.4, -0.2) is 55.5 Å². The Bertz CT molecular complexity index is 847. The van der Waals surface area contributed by atoms with E-state index in [2.05, 4.69) is 21.9 Å². The molecule has 0 bridgehead atoms. The number of carbonyl (C=O) groups excluding carboxylic acids is 2. The molecule has 0 aromatic heterocycles. The molecule has 0 spiro atoms. The van der Waals surface area contributed by atoms with Crippen molar-refractivity contribution in [1.29, 1.82) is 0 Å². The Morgan fingerprint density at radius 3 is 2.36 bits per heavy atom. The van der Waals surface area contributed by atoms with Gasteiger partial charge < -0.3 is 9.64 Å². The van der Waals surface area contributed by atoms with Gasteiger partial charge in [0.25, 0.3) is 5.91 Å². The van der Waals surface area contributed by atoms with Crippen LogP contribution in [0, 0.1) is 0 Å². The number of anilines is 2. The Morgan fingerprint density at radius 2 is 1.64 bits per heavy atom. The van der Waals surface area contributed by atoms with E-state index in [1.165, 1.54) is 10.6 Å². The van der Waals surface area contributed by atoms with E-state index in [9.17, 15) is 9.59 Å². The Kier molecular flexibility index (Phi) is 5.30. The number of piperazine rings is 1. The third kappa shape index (κ3) is 3.60. The quantitative estimate of drug-likeness (QED) is 0.748. The summed E-state index contributed by atoms with van der Waals surface area (Å²) in [6, 6.07) is 17.1. The lowest BCUT2D eigenvalue weighted by atomic mass is 10.1. The van der Waals surface area contributed by atoms with Crippen LogP contribution in [0.5, 0.6) is 5.75 Å². The van der Waals surface area contributed by atoms with Crippen LogP contribution in [0.4, 0.5) is 11.4 Å². The summed E-state index contributed by atoms with van der Waals surface area (Å²) in [5, 5.41) is 0. The van der Waals surface area contributed by atoms with Gasteiger partial charge in [-0.15, -0.1) is 0 Å². The summed E-state index contributed by atoms with van der Waals surface area (Å²) in [7, 11) is 0. The SMILES string of the molecule is CCOc1cccc(N2C(=O)CC(N3CCN(c4ccccc4)CC3)C2=O)c1. The topological polar surface area (TPSA) is 53.1 Å². The van der Waals surface area contributed by atoms with Crippen LogP contribution in [0.2, 0.25) is 0 Å². The van der Waals surface area contributed by atoms with E-state index in [4.69, 9.17) is 4.74 Å². The van der Waals surface area contributed by atoms with Gasteiger partial charge in [-0.05, 0) is 31.2 Å². The first-order chi connectivity index (χ1) is 13.7. The summed E-state index contributed by atoms with van der Waals surface area (Å²) in [4.78, 5) is 31.4. The Hall–Kier alpha value is -2.86. The molecule has 2 amide bonds. The number of benzene rings is 2. The largest absolute Gasteiger partial charge is 0.494 e. The number of imide groups is 1. The van der Waals surface area contributed by atoms with Crippen LogP contribution in [0.3, 0.4) is 0 Å². The maximum atomic E-state index is 13.0. The fraction of sp³-hybridized carbons (Fsp3) is 0.364. The van der Waals surface area contributed by atoms with Crippen molar-refractivity contribution in [2.24, 2.45) is 0 Å². The number of para-hydroxylation sites is 1. The monoisotopic (exact) mass is 379 g/mol. The Balaban J connectivity index is 1.44. The molecule has 146 valence electrons. The second kappa shape index (κ2) is 8.02. The van der Waals surface area contributed by atoms with Crippen molar-refractivity contribution in [2.75, 3.05) is 42.6 Å². The molecule has 2 fully saturated rings. The fourth-order valence-electron chi connectivity index (χ4n) is 3.98. The molecule has 6 heteroatoms. The average Bonchev–Trinajstić information content (AvgIpc) is 3.03. The van der Waals surface area contributed by atoms with Crippen molar-refractivity contribution in [2.45, 2.75) is 19.4 Å². The zero-order valence-electron chi connectivity index (χ0n) is 16.1. The van der Waals surface area contributed by atoms with Gasteiger partial charge in [-0.3, -0.25) is 14.5 Å². The van der Waals surface area contributed by atoms with Gasteiger partial charge in [-0.25, -0.2) is 4.90 Å². The van der Waals surface area contributed by atoms with Crippen molar-refractivity contribution in [3.05, 3.63) is 54.6 Å². The van der Waals surface area contributed by atoms with Crippen LogP contribution >= 0.6 is 0 Å². The summed E-state index contributed by atoms with van der Waals surface area (Å²) in [5.41, 5.74) is 1.79. The summed E-state index contributed by atoms with van der Waals surface area (Å²) in [6.07, 6.45) is 0.239. The van der Waals surface area contributed by atoms with E-state index < -0.39 is 0 Å². The summed E-state index contributed by atoms with van der Waals surface area (Å²) < 4.78 is 5.51. The van der Waals surface area contributed by atoms with Gasteiger partial charge in [0.15, 0.2) is 0 Å². The number of nitrogens with zero attached hydrogens (tertiary/aromatic N) is 3. The average molecular weight is 379 g/mol. The lowest BCUT2D eigenvalue weighted by molar-refractivity contribution is -0.123. The summed E-state index contributed by atoms with van der Waals surface area (Å²) >= 11 is 0. The van der Waals surface area contributed by atoms with E-state index in [-0.39, 0.29) is 24.3 Å². The normalized spacial score (nSPS) is 20.7. The van der Waals surface area contributed by atoms with Crippen molar-refractivity contribution in [1.82, 2.24) is 4.90 Å². The minimum atomic E-state index is -0.374. The predicted octanol–water partition coefficient (Wildman–Crippen LogP) is 2.54. The third-order valence-electron chi connectivity index (χ3n) is 5.39. The maximum absolute atomic E-state index is 13.0. The molecule has 0 N–H and O–H groups in total. The fourth-order valence-corrected chi connectivity index (χ4v) is 3.98. The van der Waals surface area contributed by atoms with Crippen LogP contribution in [0.25, 0.3) is 0 Å². The van der Waals surface area contributed by atoms with Gasteiger partial charge in [0.1, 0.15) is 5.75 Å². The molecule has 2 aromatic carbocycles. The summed E-state index contributed by atoms with van der Waals surface area (Å²) in [5.74, 6) is 0.390. The number of rotatable bonds is 5. The zero-order chi connectivity index (χ0) is 19.5. The highest BCUT2D eigenvalue weighted by molar-refractivity contribution is 6.22. The molecule has 2 aliphatic heterocycles. The van der Waals surface area contributed by atoms with E-state index in [0.717, 1.165) is 26.2 Å². The van der Waals surface area contributed by atoms with Gasteiger partial charge in [-0.2, -0.15) is 0 Å². The maximum Gasteiger partial charge on any atom is 0.251 e. The number of ether oxygens (including phenoxy) is 1. The molecule has 4 rings (SSSR count). The lowest BCUT2D eigenvalue weighted by Gasteiger charge is -2.38. The molecule has 0 aliphatic carbocycles.